The van der Waals surface area contributed by atoms with Crippen molar-refractivity contribution in [3.05, 3.63) is 23.5 Å². The number of nitrogens with zero attached hydrogens (tertiary/aromatic N) is 1. The Morgan fingerprint density at radius 3 is 2.16 bits per heavy atom. The van der Waals surface area contributed by atoms with E-state index in [2.05, 4.69) is 5.32 Å². The summed E-state index contributed by atoms with van der Waals surface area (Å²) >= 11 is 0. The Hall–Kier alpha value is -1.70. The highest BCUT2D eigenvalue weighted by Crippen LogP contribution is 2.10. The molecule has 0 saturated carbocycles. The number of rotatable bonds is 6. The predicted octanol–water partition coefficient (Wildman–Crippen LogP) is -1.33. The average Bonchev–Trinajstić information content (AvgIpc) is 2.78. The van der Waals surface area contributed by atoms with Gasteiger partial charge in [0.25, 0.3) is 5.91 Å². The SMILES string of the molecule is CC(=O)c1cc(C(=O)NC(CO)(CO)CO)n(C)c1. The Morgan fingerprint density at radius 1 is 1.26 bits per heavy atom. The number of carbonyl (C=O) groups excluding carboxylic acids is 2. The molecule has 7 heteroatoms. The zero-order valence-corrected chi connectivity index (χ0v) is 10.9. The maximum Gasteiger partial charge on any atom is 0.268 e. The molecular formula is C12H18N2O5. The highest BCUT2D eigenvalue weighted by molar-refractivity contribution is 5.99. The zero-order valence-electron chi connectivity index (χ0n) is 10.9. The third-order valence-electron chi connectivity index (χ3n) is 2.93. The standard InChI is InChI=1S/C12H18N2O5/c1-8(18)9-3-10(14(2)4-9)11(19)13-12(5-15,6-16)7-17/h3-4,15-17H,5-7H2,1-2H3,(H,13,19). The molecule has 0 unspecified atom stereocenters. The number of ketones is 1. The fraction of sp³-hybridized carbons (Fsp3) is 0.500. The van der Waals surface area contributed by atoms with Crippen LogP contribution in [0.5, 0.6) is 0 Å². The number of hydrogen-bond acceptors (Lipinski definition) is 5. The lowest BCUT2D eigenvalue weighted by Gasteiger charge is -2.28. The van der Waals surface area contributed by atoms with Crippen LogP contribution in [-0.4, -0.2) is 56.9 Å². The van der Waals surface area contributed by atoms with Gasteiger partial charge in [-0.25, -0.2) is 0 Å². The molecule has 0 radical (unpaired) electrons. The number of amides is 1. The molecular weight excluding hydrogens is 252 g/mol. The van der Waals surface area contributed by atoms with Crippen LogP contribution < -0.4 is 5.32 Å². The molecule has 0 fully saturated rings. The molecule has 0 saturated heterocycles. The van der Waals surface area contributed by atoms with Crippen molar-refractivity contribution >= 4 is 11.7 Å². The lowest BCUT2D eigenvalue weighted by Crippen LogP contribution is -2.57. The molecule has 19 heavy (non-hydrogen) atoms. The Bertz CT molecular complexity index is 468. The fourth-order valence-corrected chi connectivity index (χ4v) is 1.56. The van der Waals surface area contributed by atoms with E-state index in [0.29, 0.717) is 5.56 Å². The summed E-state index contributed by atoms with van der Waals surface area (Å²) in [6, 6.07) is 1.41. The van der Waals surface area contributed by atoms with Crippen LogP contribution in [0.25, 0.3) is 0 Å². The van der Waals surface area contributed by atoms with Crippen LogP contribution in [0.1, 0.15) is 27.8 Å². The van der Waals surface area contributed by atoms with Crippen molar-refractivity contribution in [2.75, 3.05) is 19.8 Å². The third-order valence-corrected chi connectivity index (χ3v) is 2.93. The van der Waals surface area contributed by atoms with Crippen LogP contribution in [-0.2, 0) is 7.05 Å². The molecule has 4 N–H and O–H groups in total. The maximum atomic E-state index is 12.0. The summed E-state index contributed by atoms with van der Waals surface area (Å²) in [5, 5.41) is 29.8. The number of aryl methyl sites for hydroxylation is 1. The summed E-state index contributed by atoms with van der Waals surface area (Å²) in [7, 11) is 1.60. The molecule has 0 aliphatic heterocycles. The Morgan fingerprint density at radius 2 is 1.79 bits per heavy atom. The zero-order chi connectivity index (χ0) is 14.6. The van der Waals surface area contributed by atoms with Crippen LogP contribution in [0.4, 0.5) is 0 Å². The maximum absolute atomic E-state index is 12.0. The van der Waals surface area contributed by atoms with Crippen molar-refractivity contribution in [3.8, 4) is 0 Å². The van der Waals surface area contributed by atoms with Crippen LogP contribution in [0.3, 0.4) is 0 Å². The fourth-order valence-electron chi connectivity index (χ4n) is 1.56. The average molecular weight is 270 g/mol. The quantitative estimate of drug-likeness (QED) is 0.479. The lowest BCUT2D eigenvalue weighted by molar-refractivity contribution is 0.0371. The number of aromatic nitrogens is 1. The minimum Gasteiger partial charge on any atom is -0.394 e. The normalized spacial score (nSPS) is 11.4. The van der Waals surface area contributed by atoms with E-state index in [1.165, 1.54) is 23.8 Å². The molecule has 1 aromatic rings. The summed E-state index contributed by atoms with van der Waals surface area (Å²) in [6.07, 6.45) is 1.51. The molecule has 1 aromatic heterocycles. The number of aliphatic hydroxyl groups is 3. The number of carbonyl (C=O) groups is 2. The first-order valence-corrected chi connectivity index (χ1v) is 5.71. The summed E-state index contributed by atoms with van der Waals surface area (Å²) in [6.45, 7) is -0.419. The van der Waals surface area contributed by atoms with E-state index >= 15 is 0 Å². The van der Waals surface area contributed by atoms with Crippen molar-refractivity contribution in [1.82, 2.24) is 9.88 Å². The van der Waals surface area contributed by atoms with Gasteiger partial charge in [0, 0.05) is 18.8 Å². The van der Waals surface area contributed by atoms with Crippen molar-refractivity contribution in [2.24, 2.45) is 7.05 Å². The number of Topliss-reactive ketones (excluding diaryl/α,β-unsaturated/α-hetero) is 1. The van der Waals surface area contributed by atoms with Gasteiger partial charge in [-0.3, -0.25) is 9.59 Å². The number of hydrogen-bond donors (Lipinski definition) is 4. The van der Waals surface area contributed by atoms with E-state index in [-0.39, 0.29) is 11.5 Å². The summed E-state index contributed by atoms with van der Waals surface area (Å²) < 4.78 is 1.46. The molecule has 0 atom stereocenters. The Balaban J connectivity index is 2.98. The van der Waals surface area contributed by atoms with E-state index < -0.39 is 31.3 Å². The van der Waals surface area contributed by atoms with Gasteiger partial charge in [0.05, 0.1) is 19.8 Å². The number of nitrogens with one attached hydrogen (secondary N) is 1. The third kappa shape index (κ3) is 3.19. The van der Waals surface area contributed by atoms with Gasteiger partial charge in [-0.05, 0) is 13.0 Å². The molecule has 0 aliphatic carbocycles. The van der Waals surface area contributed by atoms with Crippen molar-refractivity contribution in [2.45, 2.75) is 12.5 Å². The highest BCUT2D eigenvalue weighted by atomic mass is 16.3. The van der Waals surface area contributed by atoms with Crippen LogP contribution >= 0.6 is 0 Å². The Kier molecular flexibility index (Phi) is 4.82. The largest absolute Gasteiger partial charge is 0.394 e. The van der Waals surface area contributed by atoms with Gasteiger partial charge < -0.3 is 25.2 Å². The molecule has 0 bridgehead atoms. The van der Waals surface area contributed by atoms with Gasteiger partial charge in [0.1, 0.15) is 11.2 Å². The van der Waals surface area contributed by atoms with E-state index in [1.807, 2.05) is 0 Å². The first kappa shape index (κ1) is 15.4. The van der Waals surface area contributed by atoms with Crippen molar-refractivity contribution < 1.29 is 24.9 Å². The summed E-state index contributed by atoms with van der Waals surface area (Å²) in [4.78, 5) is 23.2. The summed E-state index contributed by atoms with van der Waals surface area (Å²) in [5.74, 6) is -0.764. The first-order valence-electron chi connectivity index (χ1n) is 5.71. The van der Waals surface area contributed by atoms with Crippen molar-refractivity contribution in [1.29, 1.82) is 0 Å². The second-order valence-electron chi connectivity index (χ2n) is 4.49. The molecule has 0 aromatic carbocycles. The molecule has 1 rings (SSSR count). The lowest BCUT2D eigenvalue weighted by atomic mass is 10.0. The van der Waals surface area contributed by atoms with Gasteiger partial charge in [0.2, 0.25) is 0 Å². The second-order valence-corrected chi connectivity index (χ2v) is 4.49. The molecule has 106 valence electrons. The minimum atomic E-state index is -1.49. The van der Waals surface area contributed by atoms with Crippen LogP contribution in [0.15, 0.2) is 12.3 Å². The van der Waals surface area contributed by atoms with Gasteiger partial charge in [0.15, 0.2) is 5.78 Å². The molecule has 7 nitrogen and oxygen atoms in total. The molecule has 0 aliphatic rings. The first-order chi connectivity index (χ1) is 8.89. The van der Waals surface area contributed by atoms with Gasteiger partial charge >= 0.3 is 0 Å². The molecule has 0 spiro atoms. The van der Waals surface area contributed by atoms with E-state index in [9.17, 15) is 9.59 Å². The monoisotopic (exact) mass is 270 g/mol. The Labute approximate surface area is 110 Å². The number of aliphatic hydroxyl groups excluding tert-OH is 3. The summed E-state index contributed by atoms with van der Waals surface area (Å²) in [5.41, 5.74) is -0.905. The van der Waals surface area contributed by atoms with Crippen molar-refractivity contribution in [3.63, 3.8) is 0 Å². The van der Waals surface area contributed by atoms with Gasteiger partial charge in [-0.2, -0.15) is 0 Å². The van der Waals surface area contributed by atoms with Gasteiger partial charge in [-0.15, -0.1) is 0 Å². The van der Waals surface area contributed by atoms with E-state index in [4.69, 9.17) is 15.3 Å². The minimum absolute atomic E-state index is 0.174. The van der Waals surface area contributed by atoms with Gasteiger partial charge in [-0.1, -0.05) is 0 Å². The smallest absolute Gasteiger partial charge is 0.268 e. The van der Waals surface area contributed by atoms with Crippen LogP contribution in [0.2, 0.25) is 0 Å². The van der Waals surface area contributed by atoms with E-state index in [1.54, 1.807) is 7.05 Å². The van der Waals surface area contributed by atoms with E-state index in [0.717, 1.165) is 0 Å². The molecule has 1 heterocycles. The van der Waals surface area contributed by atoms with Crippen LogP contribution in [0, 0.1) is 0 Å². The molecule has 1 amide bonds. The highest BCUT2D eigenvalue weighted by Gasteiger charge is 2.31. The predicted molar refractivity (Wildman–Crippen MR) is 66.9 cm³/mol. The topological polar surface area (TPSA) is 112 Å². The second kappa shape index (κ2) is 5.96.